The molecule has 7 nitrogen and oxygen atoms in total. The quantitative estimate of drug-likeness (QED) is 0.697. The number of amides is 2. The van der Waals surface area contributed by atoms with E-state index in [1.165, 1.54) is 25.1 Å². The molecule has 1 saturated heterocycles. The summed E-state index contributed by atoms with van der Waals surface area (Å²) in [6.07, 6.45) is -5.33. The number of halogens is 3. The lowest BCUT2D eigenvalue weighted by Crippen LogP contribution is -2.73. The maximum atomic E-state index is 14.0. The van der Waals surface area contributed by atoms with E-state index in [0.29, 0.717) is 5.75 Å². The number of nitrogens with one attached hydrogen (secondary N) is 1. The minimum atomic E-state index is -5.33. The van der Waals surface area contributed by atoms with E-state index in [4.69, 9.17) is 9.47 Å². The van der Waals surface area contributed by atoms with Crippen LogP contribution in [0.5, 0.6) is 11.5 Å². The number of nitrogens with zero attached hydrogens (tertiary/aromatic N) is 1. The Morgan fingerprint density at radius 3 is 2.42 bits per heavy atom. The van der Waals surface area contributed by atoms with Crippen LogP contribution in [-0.2, 0) is 9.53 Å². The van der Waals surface area contributed by atoms with E-state index in [1.807, 2.05) is 0 Å². The lowest BCUT2D eigenvalue weighted by Gasteiger charge is -2.49. The van der Waals surface area contributed by atoms with E-state index in [2.05, 4.69) is 5.32 Å². The summed E-state index contributed by atoms with van der Waals surface area (Å²) < 4.78 is 52.4. The van der Waals surface area contributed by atoms with E-state index in [-0.39, 0.29) is 22.8 Å². The van der Waals surface area contributed by atoms with Crippen molar-refractivity contribution in [3.63, 3.8) is 0 Å². The first-order valence-corrected chi connectivity index (χ1v) is 9.42. The van der Waals surface area contributed by atoms with Crippen LogP contribution in [-0.4, -0.2) is 47.6 Å². The van der Waals surface area contributed by atoms with Crippen molar-refractivity contribution in [1.29, 1.82) is 0 Å². The van der Waals surface area contributed by atoms with Crippen LogP contribution >= 0.6 is 0 Å². The van der Waals surface area contributed by atoms with Crippen molar-refractivity contribution in [2.75, 3.05) is 13.7 Å². The van der Waals surface area contributed by atoms with Crippen molar-refractivity contribution in [1.82, 2.24) is 10.2 Å². The third-order valence-electron chi connectivity index (χ3n) is 5.02. The van der Waals surface area contributed by atoms with Crippen LogP contribution in [0.15, 0.2) is 54.6 Å². The first-order valence-electron chi connectivity index (χ1n) is 9.42. The van der Waals surface area contributed by atoms with Gasteiger partial charge < -0.3 is 19.9 Å². The molecule has 3 atom stereocenters. The predicted molar refractivity (Wildman–Crippen MR) is 103 cm³/mol. The molecule has 1 aliphatic heterocycles. The summed E-state index contributed by atoms with van der Waals surface area (Å²) in [6, 6.07) is 11.8. The number of benzene rings is 2. The summed E-state index contributed by atoms with van der Waals surface area (Å²) >= 11 is 0. The molecule has 2 amide bonds. The molecule has 0 aliphatic carbocycles. The highest BCUT2D eigenvalue weighted by atomic mass is 19.4. The fourth-order valence-corrected chi connectivity index (χ4v) is 3.48. The minimum absolute atomic E-state index is 0.0649. The van der Waals surface area contributed by atoms with Crippen molar-refractivity contribution < 1.29 is 37.3 Å². The van der Waals surface area contributed by atoms with Crippen LogP contribution < -0.4 is 10.1 Å². The second-order valence-electron chi connectivity index (χ2n) is 6.93. The second kappa shape index (κ2) is 8.46. The summed E-state index contributed by atoms with van der Waals surface area (Å²) in [5.74, 6) is -2.72. The summed E-state index contributed by atoms with van der Waals surface area (Å²) in [4.78, 5) is 25.0. The van der Waals surface area contributed by atoms with Crippen molar-refractivity contribution in [3.8, 4) is 11.5 Å². The van der Waals surface area contributed by atoms with Gasteiger partial charge in [-0.25, -0.2) is 4.79 Å². The Balaban J connectivity index is 2.06. The molecule has 10 heteroatoms. The fraction of sp³-hybridized carbons (Fsp3) is 0.333. The number of alkyl halides is 3. The van der Waals surface area contributed by atoms with Crippen LogP contribution in [0.1, 0.15) is 18.5 Å². The Morgan fingerprint density at radius 2 is 1.81 bits per heavy atom. The summed E-state index contributed by atoms with van der Waals surface area (Å²) in [7, 11) is 0.764. The SMILES string of the molecule is CCOC(=O)[C@@H]1[C@@H](c2cccc(Oc3ccccc3)c2)NC(=O)N(C)[C@@]1(O)C(F)(F)F. The molecular formula is C21H21F3N2O5. The largest absolute Gasteiger partial charge is 0.466 e. The third-order valence-corrected chi connectivity index (χ3v) is 5.02. The number of ether oxygens (including phenoxy) is 2. The molecule has 0 spiro atoms. The Hall–Kier alpha value is -3.27. The third kappa shape index (κ3) is 4.15. The number of carbonyl (C=O) groups is 2. The van der Waals surface area contributed by atoms with Crippen molar-refractivity contribution >= 4 is 12.0 Å². The molecule has 0 bridgehead atoms. The second-order valence-corrected chi connectivity index (χ2v) is 6.93. The molecule has 0 radical (unpaired) electrons. The lowest BCUT2D eigenvalue weighted by atomic mass is 9.81. The van der Waals surface area contributed by atoms with E-state index >= 15 is 0 Å². The summed E-state index contributed by atoms with van der Waals surface area (Å²) in [5, 5.41) is 13.0. The van der Waals surface area contributed by atoms with Crippen LogP contribution in [0.25, 0.3) is 0 Å². The monoisotopic (exact) mass is 438 g/mol. The zero-order valence-corrected chi connectivity index (χ0v) is 16.7. The number of esters is 1. The fourth-order valence-electron chi connectivity index (χ4n) is 3.48. The van der Waals surface area contributed by atoms with Crippen molar-refractivity contribution in [2.24, 2.45) is 5.92 Å². The summed E-state index contributed by atoms with van der Waals surface area (Å²) in [6.45, 7) is 1.23. The summed E-state index contributed by atoms with van der Waals surface area (Å²) in [5.41, 5.74) is -3.64. The molecule has 1 fully saturated rings. The number of para-hydroxylation sites is 1. The van der Waals surface area contributed by atoms with Crippen LogP contribution in [0.2, 0.25) is 0 Å². The zero-order chi connectivity index (χ0) is 22.8. The van der Waals surface area contributed by atoms with Gasteiger partial charge in [0.2, 0.25) is 0 Å². The number of hydrogen-bond donors (Lipinski definition) is 2. The smallest absolute Gasteiger partial charge is 0.437 e. The average molecular weight is 438 g/mol. The molecule has 2 aromatic carbocycles. The van der Waals surface area contributed by atoms with Crippen LogP contribution in [0, 0.1) is 5.92 Å². The van der Waals surface area contributed by atoms with E-state index in [0.717, 1.165) is 7.05 Å². The topological polar surface area (TPSA) is 88.1 Å². The Labute approximate surface area is 176 Å². The van der Waals surface area contributed by atoms with Gasteiger partial charge in [-0.1, -0.05) is 30.3 Å². The van der Waals surface area contributed by atoms with Gasteiger partial charge >= 0.3 is 18.2 Å². The highest BCUT2D eigenvalue weighted by molar-refractivity contribution is 5.83. The molecule has 2 aromatic rings. The van der Waals surface area contributed by atoms with Gasteiger partial charge in [0, 0.05) is 7.05 Å². The molecule has 0 unspecified atom stereocenters. The van der Waals surface area contributed by atoms with E-state index < -0.39 is 35.9 Å². The molecule has 2 N–H and O–H groups in total. The molecule has 0 aromatic heterocycles. The van der Waals surface area contributed by atoms with Crippen molar-refractivity contribution in [2.45, 2.75) is 24.9 Å². The molecule has 166 valence electrons. The van der Waals surface area contributed by atoms with Gasteiger partial charge in [-0.2, -0.15) is 13.2 Å². The first-order chi connectivity index (χ1) is 14.6. The highest BCUT2D eigenvalue weighted by Gasteiger charge is 2.69. The van der Waals surface area contributed by atoms with Gasteiger partial charge in [0.1, 0.15) is 17.4 Å². The molecule has 1 aliphatic rings. The van der Waals surface area contributed by atoms with Gasteiger partial charge in [-0.05, 0) is 36.8 Å². The average Bonchev–Trinajstić information content (AvgIpc) is 2.72. The molecular weight excluding hydrogens is 417 g/mol. The number of rotatable bonds is 5. The van der Waals surface area contributed by atoms with Crippen LogP contribution in [0.3, 0.4) is 0 Å². The Kier molecular flexibility index (Phi) is 6.12. The standard InChI is InChI=1S/C21H21F3N2O5/c1-3-30-18(27)16-17(25-19(28)26(2)20(16,29)21(22,23)24)13-8-7-11-15(12-13)31-14-9-5-4-6-10-14/h4-12,16-17,29H,3H2,1-2H3,(H,25,28)/t16-,17+,20-/m0/s1. The molecule has 31 heavy (non-hydrogen) atoms. The Morgan fingerprint density at radius 1 is 1.16 bits per heavy atom. The lowest BCUT2D eigenvalue weighted by molar-refractivity contribution is -0.328. The maximum Gasteiger partial charge on any atom is 0.437 e. The van der Waals surface area contributed by atoms with Gasteiger partial charge in [0.25, 0.3) is 5.72 Å². The Bertz CT molecular complexity index is 954. The zero-order valence-electron chi connectivity index (χ0n) is 16.7. The van der Waals surface area contributed by atoms with Gasteiger partial charge in [-0.3, -0.25) is 9.69 Å². The minimum Gasteiger partial charge on any atom is -0.466 e. The number of carbonyl (C=O) groups excluding carboxylic acids is 2. The highest BCUT2D eigenvalue weighted by Crippen LogP contribution is 2.47. The predicted octanol–water partition coefficient (Wildman–Crippen LogP) is 3.61. The van der Waals surface area contributed by atoms with Gasteiger partial charge in [-0.15, -0.1) is 0 Å². The van der Waals surface area contributed by atoms with E-state index in [1.54, 1.807) is 36.4 Å². The van der Waals surface area contributed by atoms with Gasteiger partial charge in [0.15, 0.2) is 0 Å². The van der Waals surface area contributed by atoms with Gasteiger partial charge in [0.05, 0.1) is 12.6 Å². The first kappa shape index (κ1) is 22.4. The molecule has 1 heterocycles. The normalized spacial score (nSPS) is 23.8. The number of hydrogen-bond acceptors (Lipinski definition) is 5. The number of aliphatic hydroxyl groups is 1. The van der Waals surface area contributed by atoms with E-state index in [9.17, 15) is 27.9 Å². The van der Waals surface area contributed by atoms with Crippen molar-refractivity contribution in [3.05, 3.63) is 60.2 Å². The maximum absolute atomic E-state index is 14.0. The molecule has 3 rings (SSSR count). The molecule has 0 saturated carbocycles. The van der Waals surface area contributed by atoms with Crippen LogP contribution in [0.4, 0.5) is 18.0 Å². The number of urea groups is 1.